The minimum Gasteiger partial charge on any atom is -0.355 e. The average Bonchev–Trinajstić information content (AvgIpc) is 3.02. The third kappa shape index (κ3) is 8.14. The molecule has 0 bridgehead atoms. The zero-order valence-corrected chi connectivity index (χ0v) is 13.2. The summed E-state index contributed by atoms with van der Waals surface area (Å²) < 4.78 is 0. The summed E-state index contributed by atoms with van der Waals surface area (Å²) in [6.45, 7) is 1.71. The predicted molar refractivity (Wildman–Crippen MR) is 80.9 cm³/mol. The summed E-state index contributed by atoms with van der Waals surface area (Å²) in [5, 5.41) is 6.08. The van der Waals surface area contributed by atoms with Crippen molar-refractivity contribution in [2.45, 2.75) is 31.7 Å². The summed E-state index contributed by atoms with van der Waals surface area (Å²) in [6, 6.07) is 0.522. The van der Waals surface area contributed by atoms with E-state index in [1.54, 1.807) is 0 Å². The Morgan fingerprint density at radius 3 is 2.39 bits per heavy atom. The Bertz CT molecular complexity index is 221. The van der Waals surface area contributed by atoms with Gasteiger partial charge in [-0.15, -0.1) is 24.8 Å². The maximum absolute atomic E-state index is 11.5. The summed E-state index contributed by atoms with van der Waals surface area (Å²) >= 11 is 0. The van der Waals surface area contributed by atoms with Crippen molar-refractivity contribution in [3.8, 4) is 0 Å². The molecule has 0 radical (unpaired) electrons. The normalized spacial score (nSPS) is 15.6. The zero-order valence-electron chi connectivity index (χ0n) is 11.6. The van der Waals surface area contributed by atoms with Crippen LogP contribution in [0.2, 0.25) is 0 Å². The number of amides is 1. The van der Waals surface area contributed by atoms with Crippen molar-refractivity contribution < 1.29 is 4.79 Å². The molecular formula is C12H27Cl2N3O. The van der Waals surface area contributed by atoms with Crippen LogP contribution < -0.4 is 10.6 Å². The fraction of sp³-hybridized carbons (Fsp3) is 0.917. The number of carbonyl (C=O) groups is 1. The molecule has 1 amide bonds. The van der Waals surface area contributed by atoms with Crippen LogP contribution in [-0.2, 0) is 4.79 Å². The number of rotatable bonds is 8. The predicted octanol–water partition coefficient (Wildman–Crippen LogP) is 1.29. The molecule has 0 saturated heterocycles. The van der Waals surface area contributed by atoms with E-state index in [4.69, 9.17) is 0 Å². The molecule has 1 rings (SSSR count). The molecule has 6 heteroatoms. The van der Waals surface area contributed by atoms with E-state index in [1.807, 2.05) is 7.05 Å². The van der Waals surface area contributed by atoms with Crippen LogP contribution in [0.5, 0.6) is 0 Å². The van der Waals surface area contributed by atoms with Crippen LogP contribution in [0.25, 0.3) is 0 Å². The Morgan fingerprint density at radius 1 is 1.33 bits per heavy atom. The van der Waals surface area contributed by atoms with Gasteiger partial charge >= 0.3 is 0 Å². The number of hydrogen-bond donors (Lipinski definition) is 2. The van der Waals surface area contributed by atoms with Crippen LogP contribution in [0.4, 0.5) is 0 Å². The van der Waals surface area contributed by atoms with Crippen LogP contribution >= 0.6 is 24.8 Å². The Labute approximate surface area is 123 Å². The number of likely N-dealkylation sites (N-methyl/N-ethyl adjacent to an activating group) is 1. The molecule has 0 heterocycles. The first-order valence-corrected chi connectivity index (χ1v) is 6.23. The van der Waals surface area contributed by atoms with Gasteiger partial charge in [-0.25, -0.2) is 0 Å². The number of nitrogens with one attached hydrogen (secondary N) is 2. The SMILES string of the molecule is CNCCCC(=O)NCC(C1CC1)N(C)C.Cl.Cl. The zero-order chi connectivity index (χ0) is 12.0. The molecule has 1 saturated carbocycles. The van der Waals surface area contributed by atoms with Crippen LogP contribution in [0.1, 0.15) is 25.7 Å². The minimum absolute atomic E-state index is 0. The number of halogens is 2. The number of carbonyl (C=O) groups excluding carboxylic acids is 1. The van der Waals surface area contributed by atoms with Gasteiger partial charge in [0.1, 0.15) is 0 Å². The van der Waals surface area contributed by atoms with Gasteiger partial charge in [-0.1, -0.05) is 0 Å². The van der Waals surface area contributed by atoms with Gasteiger partial charge in [-0.3, -0.25) is 4.79 Å². The van der Waals surface area contributed by atoms with Gasteiger partial charge < -0.3 is 15.5 Å². The van der Waals surface area contributed by atoms with E-state index in [2.05, 4.69) is 29.6 Å². The molecule has 1 aliphatic carbocycles. The van der Waals surface area contributed by atoms with Gasteiger partial charge in [-0.2, -0.15) is 0 Å². The van der Waals surface area contributed by atoms with Crippen molar-refractivity contribution in [2.75, 3.05) is 34.2 Å². The second-order valence-corrected chi connectivity index (χ2v) is 4.88. The first-order valence-electron chi connectivity index (χ1n) is 6.23. The van der Waals surface area contributed by atoms with Crippen molar-refractivity contribution in [1.29, 1.82) is 0 Å². The molecule has 0 aliphatic heterocycles. The van der Waals surface area contributed by atoms with E-state index in [1.165, 1.54) is 12.8 Å². The van der Waals surface area contributed by atoms with Gasteiger partial charge in [0.15, 0.2) is 0 Å². The van der Waals surface area contributed by atoms with E-state index < -0.39 is 0 Å². The fourth-order valence-corrected chi connectivity index (χ4v) is 1.98. The molecule has 4 nitrogen and oxygen atoms in total. The van der Waals surface area contributed by atoms with Crippen molar-refractivity contribution >= 4 is 30.7 Å². The second kappa shape index (κ2) is 10.9. The van der Waals surface area contributed by atoms with Crippen molar-refractivity contribution in [2.24, 2.45) is 5.92 Å². The highest BCUT2D eigenvalue weighted by molar-refractivity contribution is 5.85. The summed E-state index contributed by atoms with van der Waals surface area (Å²) in [6.07, 6.45) is 4.18. The molecular weight excluding hydrogens is 273 g/mol. The fourth-order valence-electron chi connectivity index (χ4n) is 1.98. The van der Waals surface area contributed by atoms with Gasteiger partial charge in [0, 0.05) is 19.0 Å². The number of nitrogens with zero attached hydrogens (tertiary/aromatic N) is 1. The third-order valence-corrected chi connectivity index (χ3v) is 3.17. The largest absolute Gasteiger partial charge is 0.355 e. The Hall–Kier alpha value is -0.0300. The molecule has 18 heavy (non-hydrogen) atoms. The van der Waals surface area contributed by atoms with Crippen molar-refractivity contribution in [3.05, 3.63) is 0 Å². The van der Waals surface area contributed by atoms with Crippen LogP contribution in [0.15, 0.2) is 0 Å². The molecule has 0 aromatic heterocycles. The van der Waals surface area contributed by atoms with Crippen LogP contribution in [-0.4, -0.2) is 51.1 Å². The summed E-state index contributed by atoms with van der Waals surface area (Å²) in [5.74, 6) is 0.982. The average molecular weight is 300 g/mol. The Morgan fingerprint density at radius 2 is 1.94 bits per heavy atom. The topological polar surface area (TPSA) is 44.4 Å². The monoisotopic (exact) mass is 299 g/mol. The van der Waals surface area contributed by atoms with E-state index in [-0.39, 0.29) is 30.7 Å². The first kappa shape index (κ1) is 20.3. The Kier molecular flexibility index (Phi) is 12.2. The first-order chi connectivity index (χ1) is 7.65. The quantitative estimate of drug-likeness (QED) is 0.664. The van der Waals surface area contributed by atoms with Gasteiger partial charge in [0.2, 0.25) is 5.91 Å². The van der Waals surface area contributed by atoms with Crippen LogP contribution in [0, 0.1) is 5.92 Å². The summed E-state index contributed by atoms with van der Waals surface area (Å²) in [5.41, 5.74) is 0. The van der Waals surface area contributed by atoms with Gasteiger partial charge in [-0.05, 0) is 52.9 Å². The van der Waals surface area contributed by atoms with E-state index >= 15 is 0 Å². The summed E-state index contributed by atoms with van der Waals surface area (Å²) in [7, 11) is 6.10. The van der Waals surface area contributed by atoms with Crippen molar-refractivity contribution in [3.63, 3.8) is 0 Å². The Balaban J connectivity index is 0. The highest BCUT2D eigenvalue weighted by Crippen LogP contribution is 2.34. The highest BCUT2D eigenvalue weighted by Gasteiger charge is 2.32. The lowest BCUT2D eigenvalue weighted by Crippen LogP contribution is -2.41. The minimum atomic E-state index is 0. The maximum Gasteiger partial charge on any atom is 0.220 e. The molecule has 1 aliphatic rings. The van der Waals surface area contributed by atoms with E-state index in [9.17, 15) is 4.79 Å². The van der Waals surface area contributed by atoms with Crippen molar-refractivity contribution in [1.82, 2.24) is 15.5 Å². The highest BCUT2D eigenvalue weighted by atomic mass is 35.5. The molecule has 1 fully saturated rings. The van der Waals surface area contributed by atoms with E-state index in [0.717, 1.165) is 25.4 Å². The lowest BCUT2D eigenvalue weighted by Gasteiger charge is -2.24. The lowest BCUT2D eigenvalue weighted by atomic mass is 10.1. The number of hydrogen-bond acceptors (Lipinski definition) is 3. The molecule has 2 N–H and O–H groups in total. The molecule has 0 aromatic rings. The standard InChI is InChI=1S/C12H25N3O.2ClH/c1-13-8-4-5-12(16)14-9-11(15(2)3)10-6-7-10;;/h10-11,13H,4-9H2,1-3H3,(H,14,16);2*1H. The van der Waals surface area contributed by atoms with Crippen LogP contribution in [0.3, 0.4) is 0 Å². The molecule has 0 spiro atoms. The second-order valence-electron chi connectivity index (χ2n) is 4.88. The summed E-state index contributed by atoms with van der Waals surface area (Å²) in [4.78, 5) is 13.8. The molecule has 110 valence electrons. The lowest BCUT2D eigenvalue weighted by molar-refractivity contribution is -0.121. The molecule has 0 aromatic carbocycles. The smallest absolute Gasteiger partial charge is 0.220 e. The van der Waals surface area contributed by atoms with Gasteiger partial charge in [0.25, 0.3) is 0 Å². The van der Waals surface area contributed by atoms with E-state index in [0.29, 0.717) is 12.5 Å². The maximum atomic E-state index is 11.5. The third-order valence-electron chi connectivity index (χ3n) is 3.17. The molecule has 1 unspecified atom stereocenters. The molecule has 1 atom stereocenters. The van der Waals surface area contributed by atoms with Gasteiger partial charge in [0.05, 0.1) is 0 Å².